The lowest BCUT2D eigenvalue weighted by Crippen LogP contribution is -2.28. The van der Waals surface area contributed by atoms with Crippen LogP contribution >= 0.6 is 0 Å². The molecule has 3 N–H and O–H groups in total. The SMILES string of the molecule is CCNC(=O)Nc1cccc(CO)c1. The Kier molecular flexibility index (Phi) is 3.94. The van der Waals surface area contributed by atoms with E-state index in [0.717, 1.165) is 5.56 Å². The highest BCUT2D eigenvalue weighted by atomic mass is 16.3. The molecule has 0 unspecified atom stereocenters. The molecule has 0 saturated carbocycles. The highest BCUT2D eigenvalue weighted by molar-refractivity contribution is 5.89. The Morgan fingerprint density at radius 1 is 1.50 bits per heavy atom. The molecule has 0 fully saturated rings. The van der Waals surface area contributed by atoms with Crippen LogP contribution in [0.1, 0.15) is 12.5 Å². The summed E-state index contributed by atoms with van der Waals surface area (Å²) in [6.07, 6.45) is 0. The van der Waals surface area contributed by atoms with Crippen LogP contribution < -0.4 is 10.6 Å². The Morgan fingerprint density at radius 3 is 2.93 bits per heavy atom. The van der Waals surface area contributed by atoms with Crippen LogP contribution in [0.3, 0.4) is 0 Å². The summed E-state index contributed by atoms with van der Waals surface area (Å²) in [4.78, 5) is 11.1. The van der Waals surface area contributed by atoms with Gasteiger partial charge in [0.25, 0.3) is 0 Å². The van der Waals surface area contributed by atoms with Crippen molar-refractivity contribution in [3.05, 3.63) is 29.8 Å². The molecule has 76 valence electrons. The first-order chi connectivity index (χ1) is 6.76. The first kappa shape index (κ1) is 10.5. The summed E-state index contributed by atoms with van der Waals surface area (Å²) in [7, 11) is 0. The monoisotopic (exact) mass is 194 g/mol. The van der Waals surface area contributed by atoms with Gasteiger partial charge in [-0.05, 0) is 24.6 Å². The van der Waals surface area contributed by atoms with Crippen LogP contribution in [-0.4, -0.2) is 17.7 Å². The van der Waals surface area contributed by atoms with Gasteiger partial charge in [-0.25, -0.2) is 4.79 Å². The molecule has 0 heterocycles. The fourth-order valence-electron chi connectivity index (χ4n) is 1.08. The molecule has 0 aliphatic carbocycles. The number of urea groups is 1. The molecule has 14 heavy (non-hydrogen) atoms. The van der Waals surface area contributed by atoms with Crippen molar-refractivity contribution in [3.8, 4) is 0 Å². The minimum absolute atomic E-state index is 0.0229. The van der Waals surface area contributed by atoms with Crippen LogP contribution in [-0.2, 0) is 6.61 Å². The number of aliphatic hydroxyl groups is 1. The molecular formula is C10H14N2O2. The smallest absolute Gasteiger partial charge is 0.319 e. The minimum Gasteiger partial charge on any atom is -0.392 e. The maximum atomic E-state index is 11.1. The van der Waals surface area contributed by atoms with E-state index in [1.165, 1.54) is 0 Å². The van der Waals surface area contributed by atoms with Crippen LogP contribution in [0.15, 0.2) is 24.3 Å². The van der Waals surface area contributed by atoms with Crippen molar-refractivity contribution >= 4 is 11.7 Å². The van der Waals surface area contributed by atoms with Crippen molar-refractivity contribution in [2.24, 2.45) is 0 Å². The van der Waals surface area contributed by atoms with Gasteiger partial charge in [0.2, 0.25) is 0 Å². The van der Waals surface area contributed by atoms with Gasteiger partial charge in [-0.1, -0.05) is 12.1 Å². The third-order valence-corrected chi connectivity index (χ3v) is 1.70. The number of rotatable bonds is 3. The number of nitrogens with one attached hydrogen (secondary N) is 2. The Bertz CT molecular complexity index is 313. The van der Waals surface area contributed by atoms with Crippen molar-refractivity contribution in [2.45, 2.75) is 13.5 Å². The van der Waals surface area contributed by atoms with E-state index >= 15 is 0 Å². The summed E-state index contributed by atoms with van der Waals surface area (Å²) in [6, 6.07) is 6.85. The molecule has 0 radical (unpaired) electrons. The maximum Gasteiger partial charge on any atom is 0.319 e. The summed E-state index contributed by atoms with van der Waals surface area (Å²) in [6.45, 7) is 2.42. The fraction of sp³-hybridized carbons (Fsp3) is 0.300. The first-order valence-electron chi connectivity index (χ1n) is 4.51. The predicted molar refractivity (Wildman–Crippen MR) is 55.1 cm³/mol. The quantitative estimate of drug-likeness (QED) is 0.679. The van der Waals surface area contributed by atoms with E-state index in [4.69, 9.17) is 5.11 Å². The Labute approximate surface area is 82.9 Å². The number of benzene rings is 1. The van der Waals surface area contributed by atoms with Gasteiger partial charge < -0.3 is 15.7 Å². The van der Waals surface area contributed by atoms with E-state index in [1.807, 2.05) is 6.92 Å². The summed E-state index contributed by atoms with van der Waals surface area (Å²) in [5.74, 6) is 0. The molecule has 0 bridgehead atoms. The number of aliphatic hydroxyl groups excluding tert-OH is 1. The van der Waals surface area contributed by atoms with Crippen molar-refractivity contribution in [1.82, 2.24) is 5.32 Å². The van der Waals surface area contributed by atoms with Crippen LogP contribution in [0.5, 0.6) is 0 Å². The third kappa shape index (κ3) is 3.06. The largest absolute Gasteiger partial charge is 0.392 e. The average molecular weight is 194 g/mol. The zero-order chi connectivity index (χ0) is 10.4. The normalized spacial score (nSPS) is 9.57. The summed E-state index contributed by atoms with van der Waals surface area (Å²) in [5, 5.41) is 14.1. The van der Waals surface area contributed by atoms with Crippen LogP contribution in [0.25, 0.3) is 0 Å². The zero-order valence-electron chi connectivity index (χ0n) is 8.08. The molecule has 0 spiro atoms. The van der Waals surface area contributed by atoms with Gasteiger partial charge >= 0.3 is 6.03 Å². The minimum atomic E-state index is -0.234. The van der Waals surface area contributed by atoms with Crippen molar-refractivity contribution in [2.75, 3.05) is 11.9 Å². The van der Waals surface area contributed by atoms with Crippen LogP contribution in [0, 0.1) is 0 Å². The molecular weight excluding hydrogens is 180 g/mol. The number of carbonyl (C=O) groups is 1. The maximum absolute atomic E-state index is 11.1. The van der Waals surface area contributed by atoms with E-state index in [-0.39, 0.29) is 12.6 Å². The van der Waals surface area contributed by atoms with E-state index in [2.05, 4.69) is 10.6 Å². The molecule has 4 nitrogen and oxygen atoms in total. The van der Waals surface area contributed by atoms with E-state index < -0.39 is 0 Å². The first-order valence-corrected chi connectivity index (χ1v) is 4.51. The zero-order valence-corrected chi connectivity index (χ0v) is 8.08. The van der Waals surface area contributed by atoms with Crippen molar-refractivity contribution in [3.63, 3.8) is 0 Å². The predicted octanol–water partition coefficient (Wildman–Crippen LogP) is 1.32. The molecule has 1 aromatic carbocycles. The second-order valence-electron chi connectivity index (χ2n) is 2.84. The van der Waals surface area contributed by atoms with Crippen LogP contribution in [0.4, 0.5) is 10.5 Å². The summed E-state index contributed by atoms with van der Waals surface area (Å²) in [5.41, 5.74) is 1.46. The Hall–Kier alpha value is -1.55. The number of carbonyl (C=O) groups excluding carboxylic acids is 1. The second-order valence-corrected chi connectivity index (χ2v) is 2.84. The molecule has 0 aliphatic heterocycles. The van der Waals surface area contributed by atoms with E-state index in [9.17, 15) is 4.79 Å². The van der Waals surface area contributed by atoms with Crippen LogP contribution in [0.2, 0.25) is 0 Å². The molecule has 2 amide bonds. The van der Waals surface area contributed by atoms with E-state index in [0.29, 0.717) is 12.2 Å². The van der Waals surface area contributed by atoms with Gasteiger partial charge in [0.1, 0.15) is 0 Å². The summed E-state index contributed by atoms with van der Waals surface area (Å²) >= 11 is 0. The molecule has 4 heteroatoms. The standard InChI is InChI=1S/C10H14N2O2/c1-2-11-10(14)12-9-5-3-4-8(6-9)7-13/h3-6,13H,2,7H2,1H3,(H2,11,12,14). The highest BCUT2D eigenvalue weighted by Crippen LogP contribution is 2.09. The lowest BCUT2D eigenvalue weighted by atomic mass is 10.2. The Balaban J connectivity index is 2.62. The van der Waals surface area contributed by atoms with Gasteiger partial charge in [-0.15, -0.1) is 0 Å². The average Bonchev–Trinajstić information content (AvgIpc) is 2.18. The van der Waals surface area contributed by atoms with Crippen molar-refractivity contribution in [1.29, 1.82) is 0 Å². The molecule has 0 saturated heterocycles. The van der Waals surface area contributed by atoms with Gasteiger partial charge in [-0.2, -0.15) is 0 Å². The molecule has 1 aromatic rings. The topological polar surface area (TPSA) is 61.4 Å². The number of anilines is 1. The molecule has 1 rings (SSSR count). The lowest BCUT2D eigenvalue weighted by Gasteiger charge is -2.06. The highest BCUT2D eigenvalue weighted by Gasteiger charge is 1.99. The van der Waals surface area contributed by atoms with E-state index in [1.54, 1.807) is 24.3 Å². The fourth-order valence-corrected chi connectivity index (χ4v) is 1.08. The van der Waals surface area contributed by atoms with Crippen molar-refractivity contribution < 1.29 is 9.90 Å². The number of hydrogen-bond acceptors (Lipinski definition) is 2. The third-order valence-electron chi connectivity index (χ3n) is 1.70. The number of amides is 2. The summed E-state index contributed by atoms with van der Waals surface area (Å²) < 4.78 is 0. The van der Waals surface area contributed by atoms with Gasteiger partial charge in [0.05, 0.1) is 6.61 Å². The molecule has 0 aliphatic rings. The molecule has 0 aromatic heterocycles. The van der Waals surface area contributed by atoms with Gasteiger partial charge in [0, 0.05) is 12.2 Å². The Morgan fingerprint density at radius 2 is 2.29 bits per heavy atom. The lowest BCUT2D eigenvalue weighted by molar-refractivity contribution is 0.252. The van der Waals surface area contributed by atoms with Gasteiger partial charge in [-0.3, -0.25) is 0 Å². The second kappa shape index (κ2) is 5.24. The van der Waals surface area contributed by atoms with Gasteiger partial charge in [0.15, 0.2) is 0 Å². The molecule has 0 atom stereocenters. The number of hydrogen-bond donors (Lipinski definition) is 3.